The van der Waals surface area contributed by atoms with E-state index >= 15 is 0 Å². The van der Waals surface area contributed by atoms with E-state index in [1.807, 2.05) is 13.0 Å². The fourth-order valence-electron chi connectivity index (χ4n) is 4.04. The number of ether oxygens (including phenoxy) is 1. The monoisotopic (exact) mass is 344 g/mol. The van der Waals surface area contributed by atoms with Crippen molar-refractivity contribution in [3.63, 3.8) is 0 Å². The molecule has 0 spiro atoms. The number of nitrogens with one attached hydrogen (secondary N) is 1. The van der Waals surface area contributed by atoms with Gasteiger partial charge in [-0.3, -0.25) is 9.69 Å². The van der Waals surface area contributed by atoms with Crippen molar-refractivity contribution in [3.05, 3.63) is 47.8 Å². The highest BCUT2D eigenvalue weighted by molar-refractivity contribution is 5.91. The zero-order chi connectivity index (χ0) is 17.2. The molecule has 4 rings (SSSR count). The Bertz CT molecular complexity index is 709. The number of hydrogen-bond donors (Lipinski definition) is 1. The Hall–Kier alpha value is -2.05. The maximum absolute atomic E-state index is 12.1. The predicted octanol–water partition coefficient (Wildman–Crippen LogP) is 2.59. The second-order valence-corrected chi connectivity index (χ2v) is 6.91. The normalized spacial score (nSPS) is 26.5. The summed E-state index contributed by atoms with van der Waals surface area (Å²) in [7, 11) is 0. The van der Waals surface area contributed by atoms with Gasteiger partial charge in [0.1, 0.15) is 11.5 Å². The summed E-state index contributed by atoms with van der Waals surface area (Å²) < 4.78 is 16.9. The van der Waals surface area contributed by atoms with Crippen molar-refractivity contribution in [1.82, 2.24) is 10.2 Å². The summed E-state index contributed by atoms with van der Waals surface area (Å²) in [6.07, 6.45) is 3.83. The molecule has 2 aromatic rings. The van der Waals surface area contributed by atoms with Gasteiger partial charge in [0.25, 0.3) is 5.91 Å². The van der Waals surface area contributed by atoms with E-state index in [-0.39, 0.29) is 12.0 Å². The molecule has 3 heterocycles. The molecule has 25 heavy (non-hydrogen) atoms. The van der Waals surface area contributed by atoms with Gasteiger partial charge in [-0.25, -0.2) is 0 Å². The average molecular weight is 344 g/mol. The van der Waals surface area contributed by atoms with Crippen molar-refractivity contribution in [2.45, 2.75) is 38.5 Å². The zero-order valence-corrected chi connectivity index (χ0v) is 14.4. The van der Waals surface area contributed by atoms with E-state index in [2.05, 4.69) is 16.3 Å². The van der Waals surface area contributed by atoms with Gasteiger partial charge in [-0.2, -0.15) is 0 Å². The number of fused-ring (bicyclic) bond motifs is 1. The van der Waals surface area contributed by atoms with Gasteiger partial charge in [-0.15, -0.1) is 0 Å². The van der Waals surface area contributed by atoms with Crippen LogP contribution in [0.15, 0.2) is 39.4 Å². The van der Waals surface area contributed by atoms with Crippen LogP contribution >= 0.6 is 0 Å². The van der Waals surface area contributed by atoms with Crippen LogP contribution in [0.2, 0.25) is 0 Å². The van der Waals surface area contributed by atoms with Crippen LogP contribution < -0.4 is 5.32 Å². The molecule has 1 saturated carbocycles. The molecule has 2 aliphatic rings. The minimum Gasteiger partial charge on any atom is -0.465 e. The molecule has 1 amide bonds. The Labute approximate surface area is 147 Å². The molecule has 134 valence electrons. The average Bonchev–Trinajstić information content (AvgIpc) is 3.34. The minimum atomic E-state index is -0.160. The van der Waals surface area contributed by atoms with Crippen LogP contribution in [0.3, 0.4) is 0 Å². The van der Waals surface area contributed by atoms with Crippen molar-refractivity contribution in [1.29, 1.82) is 0 Å². The summed E-state index contributed by atoms with van der Waals surface area (Å²) in [5, 5.41) is 2.98. The number of furan rings is 2. The third kappa shape index (κ3) is 3.50. The SMILES string of the molecule is Cc1ccc(CN2CCOC3C(CNC(=O)c4ccco4)CCC32)o1. The molecular formula is C19H24N2O4. The first-order chi connectivity index (χ1) is 12.2. The van der Waals surface area contributed by atoms with Crippen molar-refractivity contribution in [2.75, 3.05) is 19.7 Å². The summed E-state index contributed by atoms with van der Waals surface area (Å²) >= 11 is 0. The summed E-state index contributed by atoms with van der Waals surface area (Å²) in [6.45, 7) is 5.06. The Morgan fingerprint density at radius 3 is 3.00 bits per heavy atom. The van der Waals surface area contributed by atoms with Gasteiger partial charge in [-0.05, 0) is 44.0 Å². The summed E-state index contributed by atoms with van der Waals surface area (Å²) in [6, 6.07) is 7.85. The van der Waals surface area contributed by atoms with Gasteiger partial charge in [0.05, 0.1) is 25.5 Å². The van der Waals surface area contributed by atoms with Crippen LogP contribution in [-0.4, -0.2) is 42.6 Å². The molecule has 3 unspecified atom stereocenters. The largest absolute Gasteiger partial charge is 0.465 e. The van der Waals surface area contributed by atoms with E-state index in [4.69, 9.17) is 13.6 Å². The molecule has 1 N–H and O–H groups in total. The van der Waals surface area contributed by atoms with Crippen molar-refractivity contribution < 1.29 is 18.4 Å². The highest BCUT2D eigenvalue weighted by atomic mass is 16.5. The van der Waals surface area contributed by atoms with E-state index in [1.165, 1.54) is 6.26 Å². The molecule has 6 nitrogen and oxygen atoms in total. The van der Waals surface area contributed by atoms with Crippen molar-refractivity contribution in [2.24, 2.45) is 5.92 Å². The summed E-state index contributed by atoms with van der Waals surface area (Å²) in [4.78, 5) is 14.5. The van der Waals surface area contributed by atoms with Crippen LogP contribution in [0.4, 0.5) is 0 Å². The highest BCUT2D eigenvalue weighted by Crippen LogP contribution is 2.35. The molecule has 2 fully saturated rings. The van der Waals surface area contributed by atoms with Gasteiger partial charge in [0, 0.05) is 25.0 Å². The number of nitrogens with zero attached hydrogens (tertiary/aromatic N) is 1. The summed E-state index contributed by atoms with van der Waals surface area (Å²) in [5.74, 6) is 2.49. The zero-order valence-electron chi connectivity index (χ0n) is 14.4. The molecule has 0 radical (unpaired) electrons. The predicted molar refractivity (Wildman–Crippen MR) is 91.1 cm³/mol. The molecule has 2 aromatic heterocycles. The van der Waals surface area contributed by atoms with Crippen LogP contribution in [0.1, 0.15) is 34.9 Å². The maximum Gasteiger partial charge on any atom is 0.286 e. The number of aryl methyl sites for hydroxylation is 1. The molecule has 0 bridgehead atoms. The molecule has 0 aromatic carbocycles. The number of carbonyl (C=O) groups excluding carboxylic acids is 1. The summed E-state index contributed by atoms with van der Waals surface area (Å²) in [5.41, 5.74) is 0. The second-order valence-electron chi connectivity index (χ2n) is 6.91. The third-order valence-electron chi connectivity index (χ3n) is 5.26. The number of rotatable bonds is 5. The standard InChI is InChI=1S/C19H24N2O4/c1-13-4-6-15(25-13)12-21-8-10-24-18-14(5-7-16(18)21)11-20-19(22)17-3-2-9-23-17/h2-4,6,9,14,16,18H,5,7-8,10-12H2,1H3,(H,20,22). The Balaban J connectivity index is 1.35. The number of morpholine rings is 1. The van der Waals surface area contributed by atoms with E-state index in [0.29, 0.717) is 24.3 Å². The van der Waals surface area contributed by atoms with Crippen LogP contribution in [-0.2, 0) is 11.3 Å². The van der Waals surface area contributed by atoms with E-state index in [9.17, 15) is 4.79 Å². The molecule has 1 saturated heterocycles. The maximum atomic E-state index is 12.1. The number of hydrogen-bond acceptors (Lipinski definition) is 5. The number of carbonyl (C=O) groups is 1. The van der Waals surface area contributed by atoms with Gasteiger partial charge in [0.2, 0.25) is 0 Å². The van der Waals surface area contributed by atoms with Gasteiger partial charge in [-0.1, -0.05) is 0 Å². The van der Waals surface area contributed by atoms with Crippen molar-refractivity contribution in [3.8, 4) is 0 Å². The first-order valence-corrected chi connectivity index (χ1v) is 8.93. The molecular weight excluding hydrogens is 320 g/mol. The van der Waals surface area contributed by atoms with Crippen LogP contribution in [0.25, 0.3) is 0 Å². The Kier molecular flexibility index (Phi) is 4.63. The van der Waals surface area contributed by atoms with Crippen molar-refractivity contribution >= 4 is 5.91 Å². The van der Waals surface area contributed by atoms with E-state index in [0.717, 1.165) is 44.1 Å². The smallest absolute Gasteiger partial charge is 0.286 e. The fourth-order valence-corrected chi connectivity index (χ4v) is 4.04. The quantitative estimate of drug-likeness (QED) is 0.903. The van der Waals surface area contributed by atoms with E-state index in [1.54, 1.807) is 12.1 Å². The molecule has 3 atom stereocenters. The second kappa shape index (κ2) is 7.06. The molecule has 1 aliphatic heterocycles. The van der Waals surface area contributed by atoms with Gasteiger partial charge < -0.3 is 18.9 Å². The fraction of sp³-hybridized carbons (Fsp3) is 0.526. The first-order valence-electron chi connectivity index (χ1n) is 8.93. The van der Waals surface area contributed by atoms with E-state index < -0.39 is 0 Å². The lowest BCUT2D eigenvalue weighted by Crippen LogP contribution is -2.50. The van der Waals surface area contributed by atoms with Gasteiger partial charge in [0.15, 0.2) is 5.76 Å². The third-order valence-corrected chi connectivity index (χ3v) is 5.26. The lowest BCUT2D eigenvalue weighted by atomic mass is 10.0. The highest BCUT2D eigenvalue weighted by Gasteiger charge is 2.42. The topological polar surface area (TPSA) is 67.8 Å². The molecule has 1 aliphatic carbocycles. The molecule has 6 heteroatoms. The van der Waals surface area contributed by atoms with Gasteiger partial charge >= 0.3 is 0 Å². The van der Waals surface area contributed by atoms with Crippen LogP contribution in [0, 0.1) is 12.8 Å². The Morgan fingerprint density at radius 1 is 1.32 bits per heavy atom. The first kappa shape index (κ1) is 16.4. The minimum absolute atomic E-state index is 0.160. The lowest BCUT2D eigenvalue weighted by molar-refractivity contribution is -0.0773. The number of amides is 1. The Morgan fingerprint density at radius 2 is 2.24 bits per heavy atom. The van der Waals surface area contributed by atoms with Crippen LogP contribution in [0.5, 0.6) is 0 Å². The lowest BCUT2D eigenvalue weighted by Gasteiger charge is -2.38.